The molecular formula is C17H16BrNO3. The number of anilines is 1. The second-order valence-electron chi connectivity index (χ2n) is 5.19. The van der Waals surface area contributed by atoms with Gasteiger partial charge in [-0.1, -0.05) is 15.9 Å². The van der Waals surface area contributed by atoms with Crippen LogP contribution < -0.4 is 5.32 Å². The Labute approximate surface area is 137 Å². The largest absolute Gasteiger partial charge is 0.478 e. The zero-order chi connectivity index (χ0) is 16.4. The third-order valence-corrected chi connectivity index (χ3v) is 4.40. The van der Waals surface area contributed by atoms with Gasteiger partial charge in [-0.05, 0) is 67.8 Å². The van der Waals surface area contributed by atoms with E-state index in [9.17, 15) is 9.59 Å². The molecule has 114 valence electrons. The van der Waals surface area contributed by atoms with E-state index >= 15 is 0 Å². The molecule has 2 N–H and O–H groups in total. The molecule has 1 amide bonds. The first-order valence-corrected chi connectivity index (χ1v) is 7.51. The summed E-state index contributed by atoms with van der Waals surface area (Å²) >= 11 is 3.44. The van der Waals surface area contributed by atoms with Gasteiger partial charge in [0.2, 0.25) is 0 Å². The van der Waals surface area contributed by atoms with Gasteiger partial charge in [-0.2, -0.15) is 0 Å². The highest BCUT2D eigenvalue weighted by molar-refractivity contribution is 9.10. The van der Waals surface area contributed by atoms with Crippen LogP contribution in [0.15, 0.2) is 34.8 Å². The van der Waals surface area contributed by atoms with E-state index < -0.39 is 5.97 Å². The van der Waals surface area contributed by atoms with E-state index in [1.807, 2.05) is 19.9 Å². The molecule has 5 heteroatoms. The average Bonchev–Trinajstić information content (AvgIpc) is 2.43. The van der Waals surface area contributed by atoms with Crippen molar-refractivity contribution in [2.45, 2.75) is 20.8 Å². The lowest BCUT2D eigenvalue weighted by Gasteiger charge is -2.10. The Kier molecular flexibility index (Phi) is 4.66. The summed E-state index contributed by atoms with van der Waals surface area (Å²) in [4.78, 5) is 23.3. The third kappa shape index (κ3) is 3.36. The minimum Gasteiger partial charge on any atom is -0.478 e. The number of hydrogen-bond acceptors (Lipinski definition) is 2. The van der Waals surface area contributed by atoms with E-state index in [2.05, 4.69) is 21.2 Å². The lowest BCUT2D eigenvalue weighted by molar-refractivity contribution is 0.0696. The molecule has 0 atom stereocenters. The van der Waals surface area contributed by atoms with Crippen molar-refractivity contribution in [2.24, 2.45) is 0 Å². The van der Waals surface area contributed by atoms with Gasteiger partial charge in [0.05, 0.1) is 5.56 Å². The number of carbonyl (C=O) groups is 2. The molecule has 0 spiro atoms. The van der Waals surface area contributed by atoms with Crippen LogP contribution in [0.25, 0.3) is 0 Å². The minimum atomic E-state index is -0.978. The summed E-state index contributed by atoms with van der Waals surface area (Å²) in [7, 11) is 0. The lowest BCUT2D eigenvalue weighted by atomic mass is 10.1. The zero-order valence-corrected chi connectivity index (χ0v) is 14.1. The molecule has 0 saturated carbocycles. The molecular weight excluding hydrogens is 346 g/mol. The van der Waals surface area contributed by atoms with Crippen LogP contribution in [-0.2, 0) is 0 Å². The molecule has 0 bridgehead atoms. The Hall–Kier alpha value is -2.14. The first-order valence-electron chi connectivity index (χ1n) is 6.71. The van der Waals surface area contributed by atoms with Gasteiger partial charge in [0.25, 0.3) is 5.91 Å². The van der Waals surface area contributed by atoms with Crippen LogP contribution in [0, 0.1) is 20.8 Å². The molecule has 0 aromatic heterocycles. The summed E-state index contributed by atoms with van der Waals surface area (Å²) in [6.45, 7) is 5.63. The molecule has 2 aromatic carbocycles. The number of carbonyl (C=O) groups excluding carboxylic acids is 1. The van der Waals surface area contributed by atoms with E-state index in [0.29, 0.717) is 16.8 Å². The van der Waals surface area contributed by atoms with Crippen LogP contribution >= 0.6 is 15.9 Å². The van der Waals surface area contributed by atoms with Crippen LogP contribution in [0.5, 0.6) is 0 Å². The number of rotatable bonds is 3. The summed E-state index contributed by atoms with van der Waals surface area (Å²) in [5, 5.41) is 11.8. The van der Waals surface area contributed by atoms with Crippen LogP contribution in [0.4, 0.5) is 5.69 Å². The molecule has 0 radical (unpaired) electrons. The predicted octanol–water partition coefficient (Wildman–Crippen LogP) is 4.32. The fourth-order valence-corrected chi connectivity index (χ4v) is 2.69. The molecule has 0 aliphatic carbocycles. The van der Waals surface area contributed by atoms with Gasteiger partial charge in [0.15, 0.2) is 0 Å². The van der Waals surface area contributed by atoms with Crippen LogP contribution in [-0.4, -0.2) is 17.0 Å². The van der Waals surface area contributed by atoms with Crippen molar-refractivity contribution in [1.82, 2.24) is 0 Å². The molecule has 2 aromatic rings. The maximum Gasteiger partial charge on any atom is 0.335 e. The number of nitrogens with one attached hydrogen (secondary N) is 1. The molecule has 22 heavy (non-hydrogen) atoms. The maximum atomic E-state index is 12.3. The molecule has 0 aliphatic rings. The standard InChI is InChI=1S/C17H16BrNO3/c1-9-6-12(8-15(18)11(9)3)16(20)19-13-4-5-14(17(21)22)10(2)7-13/h4-8H,1-3H3,(H,19,20)(H,21,22). The van der Waals surface area contributed by atoms with Gasteiger partial charge in [0.1, 0.15) is 0 Å². The first kappa shape index (κ1) is 16.2. The fraction of sp³-hybridized carbons (Fsp3) is 0.176. The summed E-state index contributed by atoms with van der Waals surface area (Å²) in [6.07, 6.45) is 0. The zero-order valence-electron chi connectivity index (χ0n) is 12.5. The number of aromatic carboxylic acids is 1. The van der Waals surface area contributed by atoms with Crippen LogP contribution in [0.3, 0.4) is 0 Å². The van der Waals surface area contributed by atoms with Crippen molar-refractivity contribution in [3.63, 3.8) is 0 Å². The summed E-state index contributed by atoms with van der Waals surface area (Å²) in [5.41, 5.74) is 4.07. The van der Waals surface area contributed by atoms with E-state index in [1.165, 1.54) is 6.07 Å². The van der Waals surface area contributed by atoms with Gasteiger partial charge < -0.3 is 10.4 Å². The van der Waals surface area contributed by atoms with Crippen molar-refractivity contribution < 1.29 is 14.7 Å². The molecule has 0 unspecified atom stereocenters. The van der Waals surface area contributed by atoms with Crippen LogP contribution in [0.1, 0.15) is 37.4 Å². The highest BCUT2D eigenvalue weighted by Gasteiger charge is 2.12. The Morgan fingerprint density at radius 2 is 1.73 bits per heavy atom. The number of halogens is 1. The fourth-order valence-electron chi connectivity index (χ4n) is 2.13. The molecule has 2 rings (SSSR count). The van der Waals surface area contributed by atoms with Crippen molar-refractivity contribution in [2.75, 3.05) is 5.32 Å². The molecule has 0 saturated heterocycles. The molecule has 0 fully saturated rings. The number of aryl methyl sites for hydroxylation is 2. The molecule has 4 nitrogen and oxygen atoms in total. The van der Waals surface area contributed by atoms with Crippen molar-refractivity contribution in [3.05, 3.63) is 62.6 Å². The summed E-state index contributed by atoms with van der Waals surface area (Å²) in [5.74, 6) is -1.21. The monoisotopic (exact) mass is 361 g/mol. The van der Waals surface area contributed by atoms with Gasteiger partial charge in [-0.3, -0.25) is 4.79 Å². The molecule has 0 heterocycles. The number of hydrogen-bond donors (Lipinski definition) is 2. The van der Waals surface area contributed by atoms with Crippen molar-refractivity contribution >= 4 is 33.5 Å². The highest BCUT2D eigenvalue weighted by Crippen LogP contribution is 2.23. The number of benzene rings is 2. The topological polar surface area (TPSA) is 66.4 Å². The van der Waals surface area contributed by atoms with E-state index in [1.54, 1.807) is 25.1 Å². The second-order valence-corrected chi connectivity index (χ2v) is 6.04. The van der Waals surface area contributed by atoms with Gasteiger partial charge in [0, 0.05) is 15.7 Å². The average molecular weight is 362 g/mol. The molecule has 0 aliphatic heterocycles. The quantitative estimate of drug-likeness (QED) is 0.854. The van der Waals surface area contributed by atoms with Crippen LogP contribution in [0.2, 0.25) is 0 Å². The Morgan fingerprint density at radius 1 is 1.05 bits per heavy atom. The Morgan fingerprint density at radius 3 is 2.27 bits per heavy atom. The minimum absolute atomic E-state index is 0.229. The number of amides is 1. The number of carboxylic acid groups (broad SMARTS) is 1. The van der Waals surface area contributed by atoms with Gasteiger partial charge >= 0.3 is 5.97 Å². The van der Waals surface area contributed by atoms with E-state index in [-0.39, 0.29) is 11.5 Å². The SMILES string of the molecule is Cc1cc(NC(=O)c2cc(C)c(C)c(Br)c2)ccc1C(=O)O. The van der Waals surface area contributed by atoms with Gasteiger partial charge in [-0.15, -0.1) is 0 Å². The maximum absolute atomic E-state index is 12.3. The van der Waals surface area contributed by atoms with Gasteiger partial charge in [-0.25, -0.2) is 4.79 Å². The highest BCUT2D eigenvalue weighted by atomic mass is 79.9. The lowest BCUT2D eigenvalue weighted by Crippen LogP contribution is -2.13. The Bertz CT molecular complexity index is 745. The normalized spacial score (nSPS) is 10.4. The van der Waals surface area contributed by atoms with E-state index in [4.69, 9.17) is 5.11 Å². The van der Waals surface area contributed by atoms with E-state index in [0.717, 1.165) is 15.6 Å². The second kappa shape index (κ2) is 6.32. The summed E-state index contributed by atoms with van der Waals surface area (Å²) in [6, 6.07) is 8.33. The predicted molar refractivity (Wildman–Crippen MR) is 89.7 cm³/mol. The summed E-state index contributed by atoms with van der Waals surface area (Å²) < 4.78 is 0.884. The smallest absolute Gasteiger partial charge is 0.335 e. The number of carboxylic acids is 1. The van der Waals surface area contributed by atoms with Crippen molar-refractivity contribution in [3.8, 4) is 0 Å². The Balaban J connectivity index is 2.26. The first-order chi connectivity index (χ1) is 10.3. The third-order valence-electron chi connectivity index (χ3n) is 3.58. The van der Waals surface area contributed by atoms with Crippen molar-refractivity contribution in [1.29, 1.82) is 0 Å².